The fraction of sp³-hybridized carbons (Fsp3) is 0.200. The summed E-state index contributed by atoms with van der Waals surface area (Å²) in [7, 11) is 0. The lowest BCUT2D eigenvalue weighted by atomic mass is 10.1. The Kier molecular flexibility index (Phi) is 3.64. The standard InChI is InChI=1S/C15H12Cl2N2O/c16-11-7-13(19-14(17)8-11)15(20)18-12-5-9-3-1-2-4-10(9)6-12/h1-4,7-8,12H,5-6H2,(H,18,20). The Morgan fingerprint density at radius 2 is 1.80 bits per heavy atom. The summed E-state index contributed by atoms with van der Waals surface area (Å²) in [5, 5.41) is 3.60. The van der Waals surface area contributed by atoms with Gasteiger partial charge in [0.25, 0.3) is 5.91 Å². The van der Waals surface area contributed by atoms with Gasteiger partial charge >= 0.3 is 0 Å². The van der Waals surface area contributed by atoms with E-state index in [1.54, 1.807) is 0 Å². The number of hydrogen-bond acceptors (Lipinski definition) is 2. The van der Waals surface area contributed by atoms with Crippen LogP contribution in [0.25, 0.3) is 0 Å². The maximum absolute atomic E-state index is 12.2. The van der Waals surface area contributed by atoms with Gasteiger partial charge in [0.15, 0.2) is 0 Å². The van der Waals surface area contributed by atoms with Gasteiger partial charge in [0.05, 0.1) is 0 Å². The number of fused-ring (bicyclic) bond motifs is 1. The van der Waals surface area contributed by atoms with E-state index in [-0.39, 0.29) is 22.8 Å². The summed E-state index contributed by atoms with van der Waals surface area (Å²) >= 11 is 11.7. The van der Waals surface area contributed by atoms with Crippen molar-refractivity contribution in [3.63, 3.8) is 0 Å². The lowest BCUT2D eigenvalue weighted by Crippen LogP contribution is -2.35. The number of nitrogens with zero attached hydrogens (tertiary/aromatic N) is 1. The van der Waals surface area contributed by atoms with Crippen LogP contribution in [0.1, 0.15) is 21.6 Å². The van der Waals surface area contributed by atoms with E-state index in [4.69, 9.17) is 23.2 Å². The van der Waals surface area contributed by atoms with Crippen molar-refractivity contribution in [3.8, 4) is 0 Å². The van der Waals surface area contributed by atoms with Gasteiger partial charge in [-0.2, -0.15) is 0 Å². The minimum absolute atomic E-state index is 0.0967. The SMILES string of the molecule is O=C(NC1Cc2ccccc2C1)c1cc(Cl)cc(Cl)n1. The zero-order valence-corrected chi connectivity index (χ0v) is 12.1. The number of carbonyl (C=O) groups excluding carboxylic acids is 1. The molecule has 2 aromatic rings. The molecule has 1 aromatic carbocycles. The number of carbonyl (C=O) groups is 1. The Hall–Kier alpha value is -1.58. The molecule has 1 aromatic heterocycles. The average molecular weight is 307 g/mol. The maximum atomic E-state index is 12.2. The van der Waals surface area contributed by atoms with Gasteiger partial charge in [-0.25, -0.2) is 4.98 Å². The van der Waals surface area contributed by atoms with Crippen molar-refractivity contribution in [3.05, 3.63) is 63.4 Å². The molecule has 1 aliphatic carbocycles. The second-order valence-corrected chi connectivity index (χ2v) is 5.66. The quantitative estimate of drug-likeness (QED) is 0.865. The molecule has 0 aliphatic heterocycles. The number of nitrogens with one attached hydrogen (secondary N) is 1. The van der Waals surface area contributed by atoms with Gasteiger partial charge < -0.3 is 5.32 Å². The first kappa shape index (κ1) is 13.4. The third-order valence-corrected chi connectivity index (χ3v) is 3.79. The number of halogens is 2. The average Bonchev–Trinajstić information content (AvgIpc) is 2.79. The maximum Gasteiger partial charge on any atom is 0.270 e. The first-order valence-electron chi connectivity index (χ1n) is 6.32. The molecule has 20 heavy (non-hydrogen) atoms. The first-order valence-corrected chi connectivity index (χ1v) is 7.08. The highest BCUT2D eigenvalue weighted by molar-refractivity contribution is 6.34. The molecule has 0 atom stereocenters. The molecule has 0 bridgehead atoms. The third-order valence-electron chi connectivity index (χ3n) is 3.38. The molecular weight excluding hydrogens is 295 g/mol. The molecule has 1 amide bonds. The molecular formula is C15H12Cl2N2O. The lowest BCUT2D eigenvalue weighted by molar-refractivity contribution is 0.0933. The van der Waals surface area contributed by atoms with Gasteiger partial charge in [-0.05, 0) is 36.1 Å². The molecule has 102 valence electrons. The van der Waals surface area contributed by atoms with Crippen LogP contribution in [0.2, 0.25) is 10.2 Å². The molecule has 3 rings (SSSR count). The number of hydrogen-bond donors (Lipinski definition) is 1. The van der Waals surface area contributed by atoms with Crippen LogP contribution >= 0.6 is 23.2 Å². The fourth-order valence-corrected chi connectivity index (χ4v) is 2.97. The molecule has 1 aliphatic rings. The lowest BCUT2D eigenvalue weighted by Gasteiger charge is -2.11. The van der Waals surface area contributed by atoms with Crippen molar-refractivity contribution < 1.29 is 4.79 Å². The van der Waals surface area contributed by atoms with E-state index in [0.29, 0.717) is 5.02 Å². The molecule has 0 saturated carbocycles. The molecule has 0 saturated heterocycles. The fourth-order valence-electron chi connectivity index (χ4n) is 2.50. The molecule has 0 unspecified atom stereocenters. The predicted molar refractivity (Wildman–Crippen MR) is 79.4 cm³/mol. The van der Waals surface area contributed by atoms with E-state index in [1.807, 2.05) is 12.1 Å². The number of rotatable bonds is 2. The van der Waals surface area contributed by atoms with Crippen LogP contribution in [0.4, 0.5) is 0 Å². The van der Waals surface area contributed by atoms with Gasteiger partial charge in [-0.1, -0.05) is 47.5 Å². The van der Waals surface area contributed by atoms with Gasteiger partial charge in [0.2, 0.25) is 0 Å². The van der Waals surface area contributed by atoms with Crippen LogP contribution in [0.15, 0.2) is 36.4 Å². The van der Waals surface area contributed by atoms with E-state index in [1.165, 1.54) is 23.3 Å². The third kappa shape index (κ3) is 2.79. The Bertz CT molecular complexity index is 627. The summed E-state index contributed by atoms with van der Waals surface area (Å²) < 4.78 is 0. The van der Waals surface area contributed by atoms with Crippen LogP contribution in [0.5, 0.6) is 0 Å². The van der Waals surface area contributed by atoms with Crippen LogP contribution in [-0.2, 0) is 12.8 Å². The molecule has 0 spiro atoms. The van der Waals surface area contributed by atoms with E-state index in [0.717, 1.165) is 12.8 Å². The number of aromatic nitrogens is 1. The van der Waals surface area contributed by atoms with Crippen LogP contribution in [0, 0.1) is 0 Å². The van der Waals surface area contributed by atoms with Crippen molar-refractivity contribution in [1.29, 1.82) is 0 Å². The Labute approximate surface area is 126 Å². The number of pyridine rings is 1. The highest BCUT2D eigenvalue weighted by atomic mass is 35.5. The highest BCUT2D eigenvalue weighted by Crippen LogP contribution is 2.22. The Balaban J connectivity index is 1.72. The zero-order valence-electron chi connectivity index (χ0n) is 10.6. The number of amides is 1. The summed E-state index contributed by atoms with van der Waals surface area (Å²) in [5.74, 6) is -0.243. The summed E-state index contributed by atoms with van der Waals surface area (Å²) in [6, 6.07) is 11.3. The van der Waals surface area contributed by atoms with E-state index < -0.39 is 0 Å². The summed E-state index contributed by atoms with van der Waals surface area (Å²) in [6.45, 7) is 0. The van der Waals surface area contributed by atoms with Crippen molar-refractivity contribution >= 4 is 29.1 Å². The van der Waals surface area contributed by atoms with Crippen LogP contribution in [0.3, 0.4) is 0 Å². The molecule has 1 heterocycles. The smallest absolute Gasteiger partial charge is 0.270 e. The second-order valence-electron chi connectivity index (χ2n) is 4.84. The first-order chi connectivity index (χ1) is 9.61. The molecule has 0 fully saturated rings. The largest absolute Gasteiger partial charge is 0.347 e. The van der Waals surface area contributed by atoms with Gasteiger partial charge in [-0.3, -0.25) is 4.79 Å². The normalized spacial score (nSPS) is 14.1. The minimum Gasteiger partial charge on any atom is -0.347 e. The zero-order chi connectivity index (χ0) is 14.1. The summed E-state index contributed by atoms with van der Waals surface area (Å²) in [5.41, 5.74) is 2.82. The summed E-state index contributed by atoms with van der Waals surface area (Å²) in [6.07, 6.45) is 1.69. The van der Waals surface area contributed by atoms with Crippen molar-refractivity contribution in [2.45, 2.75) is 18.9 Å². The molecule has 5 heteroatoms. The molecule has 1 N–H and O–H groups in total. The van der Waals surface area contributed by atoms with E-state index in [2.05, 4.69) is 22.4 Å². The Morgan fingerprint density at radius 1 is 1.15 bits per heavy atom. The second kappa shape index (κ2) is 5.43. The van der Waals surface area contributed by atoms with Gasteiger partial charge in [0, 0.05) is 11.1 Å². The van der Waals surface area contributed by atoms with Crippen molar-refractivity contribution in [2.24, 2.45) is 0 Å². The summed E-state index contributed by atoms with van der Waals surface area (Å²) in [4.78, 5) is 16.2. The topological polar surface area (TPSA) is 42.0 Å². The van der Waals surface area contributed by atoms with Crippen LogP contribution in [-0.4, -0.2) is 16.9 Å². The highest BCUT2D eigenvalue weighted by Gasteiger charge is 2.23. The molecule has 0 radical (unpaired) electrons. The monoisotopic (exact) mass is 306 g/mol. The minimum atomic E-state index is -0.243. The van der Waals surface area contributed by atoms with Gasteiger partial charge in [0.1, 0.15) is 10.8 Å². The predicted octanol–water partition coefficient (Wildman–Crippen LogP) is 3.29. The van der Waals surface area contributed by atoms with Crippen molar-refractivity contribution in [2.75, 3.05) is 0 Å². The van der Waals surface area contributed by atoms with Crippen molar-refractivity contribution in [1.82, 2.24) is 10.3 Å². The van der Waals surface area contributed by atoms with E-state index in [9.17, 15) is 4.79 Å². The van der Waals surface area contributed by atoms with E-state index >= 15 is 0 Å². The molecule has 3 nitrogen and oxygen atoms in total. The number of benzene rings is 1. The van der Waals surface area contributed by atoms with Gasteiger partial charge in [-0.15, -0.1) is 0 Å². The van der Waals surface area contributed by atoms with Crippen LogP contribution < -0.4 is 5.32 Å². The Morgan fingerprint density at radius 3 is 2.40 bits per heavy atom.